The van der Waals surface area contributed by atoms with E-state index in [1.807, 2.05) is 0 Å². The van der Waals surface area contributed by atoms with Crippen molar-refractivity contribution in [3.8, 4) is 0 Å². The zero-order chi connectivity index (χ0) is 14.0. The van der Waals surface area contributed by atoms with Crippen LogP contribution in [0.5, 0.6) is 0 Å². The fraction of sp³-hybridized carbons (Fsp3) is 1.00. The zero-order valence-electron chi connectivity index (χ0n) is 12.3. The number of piperidine rings is 1. The van der Waals surface area contributed by atoms with Crippen molar-refractivity contribution in [2.75, 3.05) is 18.8 Å². The second kappa shape index (κ2) is 6.32. The SMILES string of the molecule is O=S(=O)(CCC1CCCCN1)NCC1CC2CCC1C2. The third-order valence-electron chi connectivity index (χ3n) is 5.60. The van der Waals surface area contributed by atoms with Gasteiger partial charge in [-0.05, 0) is 62.8 Å². The molecule has 3 fully saturated rings. The highest BCUT2D eigenvalue weighted by atomic mass is 32.2. The number of hydrogen-bond acceptors (Lipinski definition) is 3. The van der Waals surface area contributed by atoms with Crippen LogP contribution >= 0.6 is 0 Å². The topological polar surface area (TPSA) is 58.2 Å². The Morgan fingerprint density at radius 3 is 2.65 bits per heavy atom. The van der Waals surface area contributed by atoms with Gasteiger partial charge < -0.3 is 5.32 Å². The molecule has 0 amide bonds. The summed E-state index contributed by atoms with van der Waals surface area (Å²) in [5.41, 5.74) is 0. The lowest BCUT2D eigenvalue weighted by molar-refractivity contribution is 0.332. The van der Waals surface area contributed by atoms with E-state index in [2.05, 4.69) is 10.0 Å². The van der Waals surface area contributed by atoms with E-state index in [0.29, 0.717) is 18.5 Å². The molecule has 20 heavy (non-hydrogen) atoms. The van der Waals surface area contributed by atoms with Crippen LogP contribution in [0.15, 0.2) is 0 Å². The molecule has 4 nitrogen and oxygen atoms in total. The Bertz CT molecular complexity index is 418. The summed E-state index contributed by atoms with van der Waals surface area (Å²) in [6.07, 6.45) is 9.63. The first kappa shape index (κ1) is 14.8. The van der Waals surface area contributed by atoms with Gasteiger partial charge in [0.25, 0.3) is 0 Å². The van der Waals surface area contributed by atoms with Gasteiger partial charge in [-0.3, -0.25) is 0 Å². The summed E-state index contributed by atoms with van der Waals surface area (Å²) in [6.45, 7) is 1.73. The standard InChI is InChI=1S/C15H28N2O2S/c18-20(19,8-6-15-3-1-2-7-16-15)17-11-14-10-12-4-5-13(14)9-12/h12-17H,1-11H2. The first-order chi connectivity index (χ1) is 9.62. The van der Waals surface area contributed by atoms with Crippen LogP contribution < -0.4 is 10.0 Å². The van der Waals surface area contributed by atoms with E-state index in [-0.39, 0.29) is 5.75 Å². The van der Waals surface area contributed by atoms with Crippen molar-refractivity contribution in [1.82, 2.24) is 10.0 Å². The van der Waals surface area contributed by atoms with Gasteiger partial charge in [-0.2, -0.15) is 0 Å². The van der Waals surface area contributed by atoms with Crippen molar-refractivity contribution in [3.05, 3.63) is 0 Å². The molecule has 2 aliphatic carbocycles. The van der Waals surface area contributed by atoms with Crippen molar-refractivity contribution in [1.29, 1.82) is 0 Å². The summed E-state index contributed by atoms with van der Waals surface area (Å²) >= 11 is 0. The summed E-state index contributed by atoms with van der Waals surface area (Å²) in [5, 5.41) is 3.42. The molecule has 0 radical (unpaired) electrons. The molecule has 0 aromatic heterocycles. The van der Waals surface area contributed by atoms with E-state index in [1.165, 1.54) is 38.5 Å². The van der Waals surface area contributed by atoms with E-state index < -0.39 is 10.0 Å². The lowest BCUT2D eigenvalue weighted by Gasteiger charge is -2.24. The third-order valence-corrected chi connectivity index (χ3v) is 6.98. The molecule has 3 aliphatic rings. The Morgan fingerprint density at radius 1 is 1.10 bits per heavy atom. The van der Waals surface area contributed by atoms with Crippen LogP contribution in [0.2, 0.25) is 0 Å². The van der Waals surface area contributed by atoms with Crippen molar-refractivity contribution >= 4 is 10.0 Å². The van der Waals surface area contributed by atoms with Gasteiger partial charge in [0, 0.05) is 12.6 Å². The number of nitrogens with one attached hydrogen (secondary N) is 2. The van der Waals surface area contributed by atoms with E-state index in [9.17, 15) is 8.42 Å². The molecule has 1 saturated heterocycles. The van der Waals surface area contributed by atoms with Crippen LogP contribution in [0.3, 0.4) is 0 Å². The highest BCUT2D eigenvalue weighted by Gasteiger charge is 2.39. The number of sulfonamides is 1. The van der Waals surface area contributed by atoms with Crippen LogP contribution in [0.4, 0.5) is 0 Å². The fourth-order valence-electron chi connectivity index (χ4n) is 4.40. The van der Waals surface area contributed by atoms with Gasteiger partial charge >= 0.3 is 0 Å². The summed E-state index contributed by atoms with van der Waals surface area (Å²) in [5.74, 6) is 2.57. The molecule has 1 aliphatic heterocycles. The minimum absolute atomic E-state index is 0.283. The molecule has 3 rings (SSSR count). The quantitative estimate of drug-likeness (QED) is 0.787. The lowest BCUT2D eigenvalue weighted by Crippen LogP contribution is -2.38. The summed E-state index contributed by atoms with van der Waals surface area (Å²) in [7, 11) is -3.08. The van der Waals surface area contributed by atoms with Crippen molar-refractivity contribution in [3.63, 3.8) is 0 Å². The van der Waals surface area contributed by atoms with Crippen LogP contribution in [0, 0.1) is 17.8 Å². The van der Waals surface area contributed by atoms with Gasteiger partial charge in [-0.15, -0.1) is 0 Å². The minimum atomic E-state index is -3.08. The fourth-order valence-corrected chi connectivity index (χ4v) is 5.61. The Balaban J connectivity index is 1.39. The lowest BCUT2D eigenvalue weighted by atomic mass is 9.89. The Hall–Kier alpha value is -0.130. The van der Waals surface area contributed by atoms with Crippen molar-refractivity contribution in [2.24, 2.45) is 17.8 Å². The van der Waals surface area contributed by atoms with Crippen molar-refractivity contribution < 1.29 is 8.42 Å². The summed E-state index contributed by atoms with van der Waals surface area (Å²) in [4.78, 5) is 0. The highest BCUT2D eigenvalue weighted by Crippen LogP contribution is 2.47. The van der Waals surface area contributed by atoms with Gasteiger partial charge in [0.15, 0.2) is 0 Å². The predicted octanol–water partition coefficient (Wildman–Crippen LogP) is 1.87. The summed E-state index contributed by atoms with van der Waals surface area (Å²) < 4.78 is 27.1. The molecule has 4 atom stereocenters. The maximum absolute atomic E-state index is 12.1. The van der Waals surface area contributed by atoms with Crippen molar-refractivity contribution in [2.45, 2.75) is 57.4 Å². The predicted molar refractivity (Wildman–Crippen MR) is 81.0 cm³/mol. The summed E-state index contributed by atoms with van der Waals surface area (Å²) in [6, 6.07) is 0.405. The monoisotopic (exact) mass is 300 g/mol. The first-order valence-corrected chi connectivity index (χ1v) is 9.98. The first-order valence-electron chi connectivity index (χ1n) is 8.33. The molecule has 2 N–H and O–H groups in total. The second-order valence-electron chi connectivity index (χ2n) is 7.04. The maximum Gasteiger partial charge on any atom is 0.211 e. The van der Waals surface area contributed by atoms with Crippen LogP contribution in [-0.4, -0.2) is 33.3 Å². The second-order valence-corrected chi connectivity index (χ2v) is 8.96. The Kier molecular flexibility index (Phi) is 4.68. The molecule has 0 aromatic rings. The molecule has 116 valence electrons. The minimum Gasteiger partial charge on any atom is -0.314 e. The molecule has 2 bridgehead atoms. The number of fused-ring (bicyclic) bond motifs is 2. The Labute approximate surface area is 123 Å². The normalized spacial score (nSPS) is 37.4. The van der Waals surface area contributed by atoms with Crippen LogP contribution in [-0.2, 0) is 10.0 Å². The van der Waals surface area contributed by atoms with Gasteiger partial charge in [-0.25, -0.2) is 13.1 Å². The average molecular weight is 300 g/mol. The highest BCUT2D eigenvalue weighted by molar-refractivity contribution is 7.89. The molecular formula is C15H28N2O2S. The zero-order valence-corrected chi connectivity index (χ0v) is 13.1. The number of rotatable bonds is 6. The molecule has 0 aromatic carbocycles. The Morgan fingerprint density at radius 2 is 2.00 bits per heavy atom. The average Bonchev–Trinajstić information content (AvgIpc) is 3.07. The van der Waals surface area contributed by atoms with Crippen LogP contribution in [0.25, 0.3) is 0 Å². The molecule has 2 saturated carbocycles. The molecule has 4 unspecified atom stereocenters. The molecule has 1 heterocycles. The van der Waals surface area contributed by atoms with Gasteiger partial charge in [0.2, 0.25) is 10.0 Å². The molecular weight excluding hydrogens is 272 g/mol. The maximum atomic E-state index is 12.1. The largest absolute Gasteiger partial charge is 0.314 e. The van der Waals surface area contributed by atoms with Gasteiger partial charge in [0.1, 0.15) is 0 Å². The third kappa shape index (κ3) is 3.74. The molecule has 5 heteroatoms. The smallest absolute Gasteiger partial charge is 0.211 e. The van der Waals surface area contributed by atoms with E-state index >= 15 is 0 Å². The van der Waals surface area contributed by atoms with Crippen LogP contribution in [0.1, 0.15) is 51.4 Å². The van der Waals surface area contributed by atoms with E-state index in [4.69, 9.17) is 0 Å². The number of hydrogen-bond donors (Lipinski definition) is 2. The van der Waals surface area contributed by atoms with E-state index in [0.717, 1.165) is 31.2 Å². The van der Waals surface area contributed by atoms with E-state index in [1.54, 1.807) is 0 Å². The van der Waals surface area contributed by atoms with Gasteiger partial charge in [-0.1, -0.05) is 12.8 Å². The van der Waals surface area contributed by atoms with Gasteiger partial charge in [0.05, 0.1) is 5.75 Å². The molecule has 0 spiro atoms.